The average molecular weight is 241 g/mol. The summed E-state index contributed by atoms with van der Waals surface area (Å²) in [6.07, 6.45) is 2.11. The highest BCUT2D eigenvalue weighted by molar-refractivity contribution is 7.07. The van der Waals surface area contributed by atoms with Crippen molar-refractivity contribution in [2.45, 2.75) is 45.8 Å². The second-order valence-corrected chi connectivity index (χ2v) is 5.38. The van der Waals surface area contributed by atoms with E-state index in [0.717, 1.165) is 19.4 Å². The zero-order valence-corrected chi connectivity index (χ0v) is 11.3. The predicted molar refractivity (Wildman–Crippen MR) is 70.7 cm³/mol. The zero-order chi connectivity index (χ0) is 12.0. The second-order valence-electron chi connectivity index (χ2n) is 4.60. The molecule has 2 unspecified atom stereocenters. The van der Waals surface area contributed by atoms with Crippen LogP contribution in [0.25, 0.3) is 0 Å². The molecule has 0 saturated carbocycles. The molecular formula is C13H23NOS. The minimum Gasteiger partial charge on any atom is -0.372 e. The number of hydrogen-bond donors (Lipinski definition) is 1. The highest BCUT2D eigenvalue weighted by atomic mass is 32.1. The lowest BCUT2D eigenvalue weighted by atomic mass is 10.0. The molecule has 0 aliphatic heterocycles. The highest BCUT2D eigenvalue weighted by Crippen LogP contribution is 2.24. The van der Waals surface area contributed by atoms with Crippen LogP contribution in [-0.4, -0.2) is 12.6 Å². The summed E-state index contributed by atoms with van der Waals surface area (Å²) in [6, 6.07) is 2.21. The van der Waals surface area contributed by atoms with Gasteiger partial charge in [0.05, 0.1) is 6.10 Å². The van der Waals surface area contributed by atoms with Gasteiger partial charge in [-0.05, 0) is 41.1 Å². The van der Waals surface area contributed by atoms with E-state index in [1.165, 1.54) is 5.56 Å². The topological polar surface area (TPSA) is 35.2 Å². The molecule has 92 valence electrons. The Labute approximate surface area is 103 Å². The fraction of sp³-hybridized carbons (Fsp3) is 0.692. The fourth-order valence-corrected chi connectivity index (χ4v) is 2.23. The van der Waals surface area contributed by atoms with Gasteiger partial charge in [-0.25, -0.2) is 0 Å². The molecule has 0 aromatic carbocycles. The van der Waals surface area contributed by atoms with Crippen molar-refractivity contribution in [1.29, 1.82) is 0 Å². The molecule has 1 aromatic rings. The molecule has 0 aliphatic rings. The first-order chi connectivity index (χ1) is 7.65. The third-order valence-electron chi connectivity index (χ3n) is 2.72. The molecule has 0 fully saturated rings. The Bertz CT molecular complexity index is 271. The number of ether oxygens (including phenoxy) is 1. The van der Waals surface area contributed by atoms with Crippen molar-refractivity contribution < 1.29 is 4.74 Å². The van der Waals surface area contributed by atoms with E-state index in [9.17, 15) is 0 Å². The van der Waals surface area contributed by atoms with Gasteiger partial charge < -0.3 is 10.5 Å². The van der Waals surface area contributed by atoms with Gasteiger partial charge in [-0.1, -0.05) is 20.8 Å². The Morgan fingerprint density at radius 2 is 2.19 bits per heavy atom. The van der Waals surface area contributed by atoms with Gasteiger partial charge in [-0.15, -0.1) is 0 Å². The summed E-state index contributed by atoms with van der Waals surface area (Å²) in [7, 11) is 0. The molecule has 0 radical (unpaired) electrons. The second kappa shape index (κ2) is 7.05. The summed E-state index contributed by atoms with van der Waals surface area (Å²) >= 11 is 1.70. The van der Waals surface area contributed by atoms with Crippen molar-refractivity contribution in [1.82, 2.24) is 0 Å². The largest absolute Gasteiger partial charge is 0.372 e. The Morgan fingerprint density at radius 3 is 2.69 bits per heavy atom. The Kier molecular flexibility index (Phi) is 6.03. The van der Waals surface area contributed by atoms with E-state index in [-0.39, 0.29) is 12.1 Å². The third kappa shape index (κ3) is 4.24. The van der Waals surface area contributed by atoms with Crippen LogP contribution >= 0.6 is 11.3 Å². The van der Waals surface area contributed by atoms with Crippen molar-refractivity contribution in [2.24, 2.45) is 11.7 Å². The van der Waals surface area contributed by atoms with Crippen LogP contribution in [0.4, 0.5) is 0 Å². The summed E-state index contributed by atoms with van der Waals surface area (Å²) in [4.78, 5) is 0. The molecule has 0 amide bonds. The molecule has 16 heavy (non-hydrogen) atoms. The quantitative estimate of drug-likeness (QED) is 0.791. The first kappa shape index (κ1) is 13.7. The van der Waals surface area contributed by atoms with Crippen molar-refractivity contribution >= 4 is 11.3 Å². The molecule has 1 aromatic heterocycles. The van der Waals surface area contributed by atoms with Crippen molar-refractivity contribution in [2.75, 3.05) is 6.61 Å². The lowest BCUT2D eigenvalue weighted by Crippen LogP contribution is -2.29. The van der Waals surface area contributed by atoms with Crippen LogP contribution in [0, 0.1) is 5.92 Å². The zero-order valence-electron chi connectivity index (χ0n) is 10.5. The molecule has 1 rings (SSSR count). The van der Waals surface area contributed by atoms with Gasteiger partial charge in [-0.3, -0.25) is 0 Å². The third-order valence-corrected chi connectivity index (χ3v) is 3.43. The molecule has 1 heterocycles. The van der Waals surface area contributed by atoms with Crippen molar-refractivity contribution in [3.8, 4) is 0 Å². The smallest absolute Gasteiger partial charge is 0.0983 e. The van der Waals surface area contributed by atoms with E-state index in [1.54, 1.807) is 11.3 Å². The number of hydrogen-bond acceptors (Lipinski definition) is 3. The van der Waals surface area contributed by atoms with Gasteiger partial charge >= 0.3 is 0 Å². The summed E-state index contributed by atoms with van der Waals surface area (Å²) in [6.45, 7) is 7.33. The SMILES string of the molecule is CCC(N)C(OCCC(C)C)c1ccsc1. The Balaban J connectivity index is 2.52. The van der Waals surface area contributed by atoms with Crippen LogP contribution in [-0.2, 0) is 4.74 Å². The lowest BCUT2D eigenvalue weighted by Gasteiger charge is -2.23. The van der Waals surface area contributed by atoms with Crippen molar-refractivity contribution in [3.63, 3.8) is 0 Å². The van der Waals surface area contributed by atoms with E-state index in [1.807, 2.05) is 0 Å². The van der Waals surface area contributed by atoms with Gasteiger partial charge in [0, 0.05) is 12.6 Å². The van der Waals surface area contributed by atoms with E-state index < -0.39 is 0 Å². The number of thiophene rings is 1. The van der Waals surface area contributed by atoms with E-state index in [4.69, 9.17) is 10.5 Å². The molecule has 2 atom stereocenters. The molecule has 0 spiro atoms. The van der Waals surface area contributed by atoms with Crippen LogP contribution in [0.1, 0.15) is 45.3 Å². The molecule has 0 bridgehead atoms. The average Bonchev–Trinajstić information content (AvgIpc) is 2.76. The van der Waals surface area contributed by atoms with Gasteiger partial charge in [0.15, 0.2) is 0 Å². The number of nitrogens with two attached hydrogens (primary N) is 1. The van der Waals surface area contributed by atoms with Gasteiger partial charge in [-0.2, -0.15) is 11.3 Å². The predicted octanol–water partition coefficient (Wildman–Crippen LogP) is 3.59. The summed E-state index contributed by atoms with van der Waals surface area (Å²) in [5, 5.41) is 4.21. The summed E-state index contributed by atoms with van der Waals surface area (Å²) in [5.74, 6) is 0.681. The van der Waals surface area contributed by atoms with Crippen molar-refractivity contribution in [3.05, 3.63) is 22.4 Å². The van der Waals surface area contributed by atoms with Crippen LogP contribution in [0.2, 0.25) is 0 Å². The maximum absolute atomic E-state index is 6.10. The summed E-state index contributed by atoms with van der Waals surface area (Å²) < 4.78 is 5.93. The Hall–Kier alpha value is -0.380. The molecule has 3 heteroatoms. The standard InChI is InChI=1S/C13H23NOS/c1-4-12(14)13(11-6-8-16-9-11)15-7-5-10(2)3/h6,8-10,12-13H,4-5,7,14H2,1-3H3. The van der Waals surface area contributed by atoms with Gasteiger partial charge in [0.2, 0.25) is 0 Å². The molecule has 0 saturated heterocycles. The van der Waals surface area contributed by atoms with Crippen LogP contribution in [0.15, 0.2) is 16.8 Å². The van der Waals surface area contributed by atoms with E-state index in [0.29, 0.717) is 5.92 Å². The van der Waals surface area contributed by atoms with E-state index >= 15 is 0 Å². The van der Waals surface area contributed by atoms with Gasteiger partial charge in [0.1, 0.15) is 0 Å². The Morgan fingerprint density at radius 1 is 1.44 bits per heavy atom. The maximum Gasteiger partial charge on any atom is 0.0983 e. The first-order valence-corrected chi connectivity index (χ1v) is 6.98. The maximum atomic E-state index is 6.10. The van der Waals surface area contributed by atoms with Crippen LogP contribution < -0.4 is 5.73 Å². The molecule has 0 aliphatic carbocycles. The lowest BCUT2D eigenvalue weighted by molar-refractivity contribution is 0.0278. The minimum atomic E-state index is 0.0648. The van der Waals surface area contributed by atoms with Crippen LogP contribution in [0.3, 0.4) is 0 Å². The normalized spacial score (nSPS) is 15.3. The monoisotopic (exact) mass is 241 g/mol. The number of rotatable bonds is 7. The molecule has 2 N–H and O–H groups in total. The van der Waals surface area contributed by atoms with Gasteiger partial charge in [0.25, 0.3) is 0 Å². The first-order valence-electron chi connectivity index (χ1n) is 6.04. The molecule has 2 nitrogen and oxygen atoms in total. The summed E-state index contributed by atoms with van der Waals surface area (Å²) in [5.41, 5.74) is 7.33. The fourth-order valence-electron chi connectivity index (χ4n) is 1.55. The minimum absolute atomic E-state index is 0.0648. The van der Waals surface area contributed by atoms with Crippen LogP contribution in [0.5, 0.6) is 0 Å². The van der Waals surface area contributed by atoms with E-state index in [2.05, 4.69) is 37.6 Å². The highest BCUT2D eigenvalue weighted by Gasteiger charge is 2.19. The molecular weight excluding hydrogens is 218 g/mol.